The van der Waals surface area contributed by atoms with Crippen LogP contribution in [0.15, 0.2) is 59.5 Å². The summed E-state index contributed by atoms with van der Waals surface area (Å²) >= 11 is 0. The molecular weight excluding hydrogens is 350 g/mol. The lowest BCUT2D eigenvalue weighted by molar-refractivity contribution is -0.147. The molecule has 2 aromatic carbocycles. The molecule has 0 bridgehead atoms. The average molecular weight is 375 g/mol. The molecule has 2 rings (SSSR count). The molecule has 6 heteroatoms. The Morgan fingerprint density at radius 2 is 1.65 bits per heavy atom. The maximum Gasteiger partial charge on any atom is 0.324 e. The minimum absolute atomic E-state index is 0.112. The molecule has 0 saturated carbocycles. The molecule has 0 aliphatic heterocycles. The highest BCUT2D eigenvalue weighted by atomic mass is 32.2. The van der Waals surface area contributed by atoms with Crippen LogP contribution in [0.25, 0.3) is 0 Å². The lowest BCUT2D eigenvalue weighted by Crippen LogP contribution is -2.42. The van der Waals surface area contributed by atoms with E-state index in [1.54, 1.807) is 12.1 Å². The van der Waals surface area contributed by atoms with E-state index in [1.165, 1.54) is 12.1 Å². The van der Waals surface area contributed by atoms with Gasteiger partial charge in [0.2, 0.25) is 10.0 Å². The van der Waals surface area contributed by atoms with E-state index in [2.05, 4.69) is 4.72 Å². The van der Waals surface area contributed by atoms with Crippen LogP contribution in [-0.2, 0) is 26.2 Å². The van der Waals surface area contributed by atoms with Crippen molar-refractivity contribution in [2.45, 2.75) is 44.7 Å². The zero-order chi connectivity index (χ0) is 19.2. The number of esters is 1. The molecule has 0 heterocycles. The molecule has 0 aliphatic carbocycles. The van der Waals surface area contributed by atoms with Crippen molar-refractivity contribution in [1.82, 2.24) is 4.72 Å². The minimum atomic E-state index is -3.80. The van der Waals surface area contributed by atoms with E-state index in [1.807, 2.05) is 51.1 Å². The molecule has 0 aliphatic rings. The van der Waals surface area contributed by atoms with Gasteiger partial charge in [0.05, 0.1) is 4.90 Å². The molecule has 0 aromatic heterocycles. The van der Waals surface area contributed by atoms with Gasteiger partial charge >= 0.3 is 5.97 Å². The molecule has 1 N–H and O–H groups in total. The predicted molar refractivity (Wildman–Crippen MR) is 101 cm³/mol. The van der Waals surface area contributed by atoms with Gasteiger partial charge < -0.3 is 4.74 Å². The minimum Gasteiger partial charge on any atom is -0.460 e. The van der Waals surface area contributed by atoms with E-state index in [0.29, 0.717) is 6.42 Å². The highest BCUT2D eigenvalue weighted by Crippen LogP contribution is 2.14. The van der Waals surface area contributed by atoms with Crippen molar-refractivity contribution >= 4 is 16.0 Å². The summed E-state index contributed by atoms with van der Waals surface area (Å²) in [7, 11) is -3.80. The Balaban J connectivity index is 2.10. The molecule has 0 radical (unpaired) electrons. The van der Waals surface area contributed by atoms with Gasteiger partial charge in [-0.2, -0.15) is 4.72 Å². The highest BCUT2D eigenvalue weighted by molar-refractivity contribution is 7.89. The lowest BCUT2D eigenvalue weighted by Gasteiger charge is -2.19. The van der Waals surface area contributed by atoms with Gasteiger partial charge in [-0.25, -0.2) is 8.42 Å². The summed E-state index contributed by atoms with van der Waals surface area (Å²) in [6.45, 7) is 5.85. The fraction of sp³-hybridized carbons (Fsp3) is 0.350. The maximum absolute atomic E-state index is 12.6. The first-order chi connectivity index (χ1) is 12.3. The summed E-state index contributed by atoms with van der Waals surface area (Å²) < 4.78 is 33.0. The largest absolute Gasteiger partial charge is 0.460 e. The van der Waals surface area contributed by atoms with E-state index in [0.717, 1.165) is 11.1 Å². The zero-order valence-electron chi connectivity index (χ0n) is 15.3. The van der Waals surface area contributed by atoms with Gasteiger partial charge in [-0.1, -0.05) is 61.9 Å². The van der Waals surface area contributed by atoms with Gasteiger partial charge in [-0.05, 0) is 37.0 Å². The van der Waals surface area contributed by atoms with E-state index < -0.39 is 22.0 Å². The van der Waals surface area contributed by atoms with Gasteiger partial charge in [0.1, 0.15) is 12.6 Å². The number of aryl methyl sites for hydroxylation is 1. The molecule has 26 heavy (non-hydrogen) atoms. The third-order valence-electron chi connectivity index (χ3n) is 3.84. The molecule has 2 aromatic rings. The molecule has 5 nitrogen and oxygen atoms in total. The smallest absolute Gasteiger partial charge is 0.324 e. The highest BCUT2D eigenvalue weighted by Gasteiger charge is 2.27. The Morgan fingerprint density at radius 1 is 1.04 bits per heavy atom. The second-order valence-electron chi connectivity index (χ2n) is 6.71. The van der Waals surface area contributed by atoms with Crippen LogP contribution in [0.5, 0.6) is 0 Å². The van der Waals surface area contributed by atoms with Crippen LogP contribution in [0.4, 0.5) is 0 Å². The van der Waals surface area contributed by atoms with Crippen molar-refractivity contribution in [3.8, 4) is 0 Å². The van der Waals surface area contributed by atoms with Gasteiger partial charge in [0, 0.05) is 0 Å². The van der Waals surface area contributed by atoms with Crippen molar-refractivity contribution < 1.29 is 17.9 Å². The second kappa shape index (κ2) is 8.96. The Morgan fingerprint density at radius 3 is 2.23 bits per heavy atom. The summed E-state index contributed by atoms with van der Waals surface area (Å²) in [4.78, 5) is 12.6. The van der Waals surface area contributed by atoms with Crippen LogP contribution in [0.3, 0.4) is 0 Å². The van der Waals surface area contributed by atoms with Crippen molar-refractivity contribution in [3.63, 3.8) is 0 Å². The van der Waals surface area contributed by atoms with Gasteiger partial charge in [0.25, 0.3) is 0 Å². The Hall–Kier alpha value is -2.18. The molecule has 1 unspecified atom stereocenters. The number of sulfonamides is 1. The molecule has 0 saturated heterocycles. The van der Waals surface area contributed by atoms with Crippen molar-refractivity contribution in [2.24, 2.45) is 5.92 Å². The first-order valence-electron chi connectivity index (χ1n) is 8.57. The quantitative estimate of drug-likeness (QED) is 0.718. The van der Waals surface area contributed by atoms with E-state index in [9.17, 15) is 13.2 Å². The number of hydrogen-bond acceptors (Lipinski definition) is 4. The summed E-state index contributed by atoms with van der Waals surface area (Å²) in [6, 6.07) is 14.9. The topological polar surface area (TPSA) is 72.5 Å². The van der Waals surface area contributed by atoms with E-state index in [4.69, 9.17) is 4.74 Å². The number of carbonyl (C=O) groups is 1. The number of hydrogen-bond donors (Lipinski definition) is 1. The maximum atomic E-state index is 12.6. The first-order valence-corrected chi connectivity index (χ1v) is 10.1. The van der Waals surface area contributed by atoms with E-state index >= 15 is 0 Å². The van der Waals surface area contributed by atoms with Crippen molar-refractivity contribution in [1.29, 1.82) is 0 Å². The number of rotatable bonds is 8. The first kappa shape index (κ1) is 20.1. The molecule has 140 valence electrons. The Kier molecular flexibility index (Phi) is 6.94. The monoisotopic (exact) mass is 375 g/mol. The summed E-state index contributed by atoms with van der Waals surface area (Å²) in [5, 5.41) is 0. The fourth-order valence-corrected chi connectivity index (χ4v) is 3.66. The lowest BCUT2D eigenvalue weighted by atomic mass is 10.1. The van der Waals surface area contributed by atoms with Gasteiger partial charge in [-0.3, -0.25) is 4.79 Å². The Labute approximate surface area is 155 Å². The zero-order valence-corrected chi connectivity index (χ0v) is 16.1. The third kappa shape index (κ3) is 5.97. The average Bonchev–Trinajstić information content (AvgIpc) is 2.60. The predicted octanol–water partition coefficient (Wildman–Crippen LogP) is 3.43. The molecule has 1 atom stereocenters. The Bertz CT molecular complexity index is 815. The summed E-state index contributed by atoms with van der Waals surface area (Å²) in [5.41, 5.74) is 1.82. The summed E-state index contributed by atoms with van der Waals surface area (Å²) in [5.74, 6) is -0.441. The third-order valence-corrected chi connectivity index (χ3v) is 5.33. The van der Waals surface area contributed by atoms with Gasteiger partial charge in [-0.15, -0.1) is 0 Å². The summed E-state index contributed by atoms with van der Waals surface area (Å²) in [6.07, 6.45) is 0.360. The van der Waals surface area contributed by atoms with E-state index in [-0.39, 0.29) is 17.4 Å². The van der Waals surface area contributed by atoms with Crippen LogP contribution in [-0.4, -0.2) is 20.4 Å². The van der Waals surface area contributed by atoms with Crippen LogP contribution < -0.4 is 4.72 Å². The van der Waals surface area contributed by atoms with Crippen molar-refractivity contribution in [2.75, 3.05) is 0 Å². The van der Waals surface area contributed by atoms with Gasteiger partial charge in [0.15, 0.2) is 0 Å². The fourth-order valence-electron chi connectivity index (χ4n) is 2.47. The second-order valence-corrected chi connectivity index (χ2v) is 8.42. The number of nitrogens with one attached hydrogen (secondary N) is 1. The van der Waals surface area contributed by atoms with Crippen LogP contribution in [0, 0.1) is 12.8 Å². The molecular formula is C20H25NO4S. The molecule has 0 spiro atoms. The van der Waals surface area contributed by atoms with Crippen molar-refractivity contribution in [3.05, 3.63) is 65.7 Å². The normalized spacial score (nSPS) is 12.8. The van der Waals surface area contributed by atoms with Crippen LogP contribution in [0.2, 0.25) is 0 Å². The van der Waals surface area contributed by atoms with Crippen LogP contribution >= 0.6 is 0 Å². The van der Waals surface area contributed by atoms with Crippen LogP contribution in [0.1, 0.15) is 31.4 Å². The number of carbonyl (C=O) groups excluding carboxylic acids is 1. The molecule has 0 amide bonds. The standard InChI is InChI=1S/C20H25NO4S/c1-15(2)13-19(20(22)25-14-17-7-5-4-6-8-17)21-26(23,24)18-11-9-16(3)10-12-18/h4-12,15,19,21H,13-14H2,1-3H3. The SMILES string of the molecule is Cc1ccc(S(=O)(=O)NC(CC(C)C)C(=O)OCc2ccccc2)cc1. The molecule has 0 fully saturated rings. The number of benzene rings is 2. The number of ether oxygens (including phenoxy) is 1.